The molecule has 0 unspecified atom stereocenters. The van der Waals surface area contributed by atoms with Gasteiger partial charge in [0.25, 0.3) is 5.88 Å². The summed E-state index contributed by atoms with van der Waals surface area (Å²) in [7, 11) is 0. The minimum atomic E-state index is -0.570. The summed E-state index contributed by atoms with van der Waals surface area (Å²) < 4.78 is 10.4. The van der Waals surface area contributed by atoms with Crippen LogP contribution >= 0.6 is 0 Å². The number of nitrogens with zero attached hydrogens (tertiary/aromatic N) is 3. The van der Waals surface area contributed by atoms with E-state index in [1.165, 1.54) is 0 Å². The fourth-order valence-corrected chi connectivity index (χ4v) is 1.25. The highest BCUT2D eigenvalue weighted by atomic mass is 16.6. The zero-order valence-electron chi connectivity index (χ0n) is 11.1. The predicted octanol–water partition coefficient (Wildman–Crippen LogP) is 1.62. The third kappa shape index (κ3) is 5.04. The number of nitro groups is 1. The van der Waals surface area contributed by atoms with Gasteiger partial charge in [-0.05, 0) is 13.3 Å². The molecule has 1 aromatic heterocycles. The van der Waals surface area contributed by atoms with E-state index in [-0.39, 0.29) is 18.2 Å². The van der Waals surface area contributed by atoms with Crippen LogP contribution in [-0.2, 0) is 4.74 Å². The van der Waals surface area contributed by atoms with Crippen molar-refractivity contribution in [1.29, 1.82) is 0 Å². The van der Waals surface area contributed by atoms with Gasteiger partial charge in [-0.1, -0.05) is 6.92 Å². The molecule has 0 saturated heterocycles. The lowest BCUT2D eigenvalue weighted by molar-refractivity contribution is -0.386. The summed E-state index contributed by atoms with van der Waals surface area (Å²) in [5.74, 6) is 0.275. The van der Waals surface area contributed by atoms with Gasteiger partial charge < -0.3 is 14.8 Å². The average molecular weight is 270 g/mol. The molecule has 0 bridgehead atoms. The number of ether oxygens (including phenoxy) is 2. The maximum atomic E-state index is 10.8. The van der Waals surface area contributed by atoms with Crippen molar-refractivity contribution < 1.29 is 14.4 Å². The van der Waals surface area contributed by atoms with Crippen molar-refractivity contribution in [3.05, 3.63) is 16.3 Å². The number of hydrogen-bond donors (Lipinski definition) is 1. The Labute approximate surface area is 111 Å². The monoisotopic (exact) mass is 270 g/mol. The molecule has 0 aromatic carbocycles. The summed E-state index contributed by atoms with van der Waals surface area (Å²) in [6.07, 6.45) is 2.04. The van der Waals surface area contributed by atoms with Crippen LogP contribution in [0.5, 0.6) is 5.88 Å². The summed E-state index contributed by atoms with van der Waals surface area (Å²) in [6.45, 7) is 5.68. The van der Waals surface area contributed by atoms with Crippen LogP contribution in [0.15, 0.2) is 6.20 Å². The van der Waals surface area contributed by atoms with Crippen LogP contribution in [0.3, 0.4) is 0 Å². The average Bonchev–Trinajstić information content (AvgIpc) is 2.41. The van der Waals surface area contributed by atoms with Crippen LogP contribution in [0.25, 0.3) is 0 Å². The zero-order chi connectivity index (χ0) is 14.1. The van der Waals surface area contributed by atoms with Crippen molar-refractivity contribution in [2.45, 2.75) is 20.3 Å². The highest BCUT2D eigenvalue weighted by Gasteiger charge is 2.18. The summed E-state index contributed by atoms with van der Waals surface area (Å²) >= 11 is 0. The molecule has 1 aromatic rings. The van der Waals surface area contributed by atoms with E-state index in [2.05, 4.69) is 15.3 Å². The third-order valence-electron chi connectivity index (χ3n) is 2.14. The molecule has 0 aliphatic rings. The van der Waals surface area contributed by atoms with Gasteiger partial charge in [0, 0.05) is 13.2 Å². The second kappa shape index (κ2) is 8.20. The first-order chi connectivity index (χ1) is 9.19. The van der Waals surface area contributed by atoms with Crippen molar-refractivity contribution in [3.63, 3.8) is 0 Å². The van der Waals surface area contributed by atoms with Crippen molar-refractivity contribution in [2.24, 2.45) is 0 Å². The van der Waals surface area contributed by atoms with Gasteiger partial charge in [0.2, 0.25) is 5.95 Å². The molecule has 0 spiro atoms. The molecule has 19 heavy (non-hydrogen) atoms. The topological polar surface area (TPSA) is 99.4 Å². The van der Waals surface area contributed by atoms with E-state index >= 15 is 0 Å². The first-order valence-electron chi connectivity index (χ1n) is 6.14. The lowest BCUT2D eigenvalue weighted by atomic mass is 10.5. The molecule has 0 amide bonds. The lowest BCUT2D eigenvalue weighted by Crippen LogP contribution is -2.11. The van der Waals surface area contributed by atoms with E-state index in [4.69, 9.17) is 9.47 Å². The second-order valence-electron chi connectivity index (χ2n) is 3.61. The van der Waals surface area contributed by atoms with Crippen molar-refractivity contribution in [1.82, 2.24) is 9.97 Å². The van der Waals surface area contributed by atoms with E-state index in [0.717, 1.165) is 12.6 Å². The minimum Gasteiger partial charge on any atom is -0.470 e. The van der Waals surface area contributed by atoms with E-state index in [1.54, 1.807) is 0 Å². The number of hydrogen-bond acceptors (Lipinski definition) is 7. The molecular weight excluding hydrogens is 252 g/mol. The Morgan fingerprint density at radius 2 is 2.21 bits per heavy atom. The number of aromatic nitrogens is 2. The van der Waals surface area contributed by atoms with Crippen LogP contribution in [0.2, 0.25) is 0 Å². The van der Waals surface area contributed by atoms with Gasteiger partial charge in [0.1, 0.15) is 12.8 Å². The Morgan fingerprint density at radius 1 is 1.42 bits per heavy atom. The summed E-state index contributed by atoms with van der Waals surface area (Å²) in [6, 6.07) is 0. The van der Waals surface area contributed by atoms with E-state index < -0.39 is 4.92 Å². The Morgan fingerprint density at radius 3 is 2.84 bits per heavy atom. The largest absolute Gasteiger partial charge is 0.470 e. The van der Waals surface area contributed by atoms with Crippen molar-refractivity contribution in [2.75, 3.05) is 31.7 Å². The highest BCUT2D eigenvalue weighted by molar-refractivity contribution is 5.43. The molecule has 0 atom stereocenters. The van der Waals surface area contributed by atoms with Gasteiger partial charge in [0.05, 0.1) is 11.5 Å². The van der Waals surface area contributed by atoms with E-state index in [9.17, 15) is 10.1 Å². The molecule has 0 aliphatic carbocycles. The van der Waals surface area contributed by atoms with Gasteiger partial charge in [-0.2, -0.15) is 4.98 Å². The standard InChI is InChI=1S/C11H18N4O4/c1-3-5-12-11-13-8-9(15(16)17)10(14-11)19-7-6-18-4-2/h8H,3-7H2,1-2H3,(H,12,13,14). The fraction of sp³-hybridized carbons (Fsp3) is 0.636. The molecule has 1 rings (SSSR count). The Bertz CT molecular complexity index is 414. The van der Waals surface area contributed by atoms with Gasteiger partial charge in [-0.3, -0.25) is 10.1 Å². The molecule has 0 fully saturated rings. The molecule has 0 aliphatic heterocycles. The smallest absolute Gasteiger partial charge is 0.349 e. The van der Waals surface area contributed by atoms with Crippen LogP contribution in [0.4, 0.5) is 11.6 Å². The maximum Gasteiger partial charge on any atom is 0.349 e. The van der Waals surface area contributed by atoms with E-state index in [1.807, 2.05) is 13.8 Å². The zero-order valence-corrected chi connectivity index (χ0v) is 11.1. The summed E-state index contributed by atoms with van der Waals surface area (Å²) in [5, 5.41) is 13.8. The second-order valence-corrected chi connectivity index (χ2v) is 3.61. The number of nitrogens with one attached hydrogen (secondary N) is 1. The molecule has 0 saturated carbocycles. The Balaban J connectivity index is 2.74. The first-order valence-corrected chi connectivity index (χ1v) is 6.14. The summed E-state index contributed by atoms with van der Waals surface area (Å²) in [4.78, 5) is 18.1. The van der Waals surface area contributed by atoms with Gasteiger partial charge in [0.15, 0.2) is 0 Å². The summed E-state index contributed by atoms with van der Waals surface area (Å²) in [5.41, 5.74) is -0.251. The van der Waals surface area contributed by atoms with Gasteiger partial charge in [-0.25, -0.2) is 4.98 Å². The number of anilines is 1. The van der Waals surface area contributed by atoms with Crippen molar-refractivity contribution >= 4 is 11.6 Å². The molecule has 1 N–H and O–H groups in total. The SMILES string of the molecule is CCCNc1ncc([N+](=O)[O-])c(OCCOCC)n1. The normalized spacial score (nSPS) is 10.2. The van der Waals surface area contributed by atoms with Crippen LogP contribution in [0, 0.1) is 10.1 Å². The lowest BCUT2D eigenvalue weighted by Gasteiger charge is -2.07. The Kier molecular flexibility index (Phi) is 6.51. The van der Waals surface area contributed by atoms with E-state index in [0.29, 0.717) is 25.7 Å². The van der Waals surface area contributed by atoms with Crippen molar-refractivity contribution in [3.8, 4) is 5.88 Å². The third-order valence-corrected chi connectivity index (χ3v) is 2.14. The molecular formula is C11H18N4O4. The molecule has 8 nitrogen and oxygen atoms in total. The first kappa shape index (κ1) is 15.1. The predicted molar refractivity (Wildman–Crippen MR) is 69.5 cm³/mol. The van der Waals surface area contributed by atoms with Gasteiger partial charge >= 0.3 is 5.69 Å². The minimum absolute atomic E-state index is 0.0432. The van der Waals surface area contributed by atoms with Gasteiger partial charge in [-0.15, -0.1) is 0 Å². The fourth-order valence-electron chi connectivity index (χ4n) is 1.25. The molecule has 106 valence electrons. The maximum absolute atomic E-state index is 10.8. The van der Waals surface area contributed by atoms with Crippen LogP contribution in [-0.4, -0.2) is 41.3 Å². The van der Waals surface area contributed by atoms with Crippen LogP contribution in [0.1, 0.15) is 20.3 Å². The number of rotatable bonds is 9. The molecule has 1 heterocycles. The highest BCUT2D eigenvalue weighted by Crippen LogP contribution is 2.24. The van der Waals surface area contributed by atoms with Crippen LogP contribution < -0.4 is 10.1 Å². The Hall–Kier alpha value is -1.96. The quantitative estimate of drug-likeness (QED) is 0.413. The molecule has 0 radical (unpaired) electrons. The molecule has 8 heteroatoms.